The maximum atomic E-state index is 6.22. The number of H-pyrrole nitrogens is 1. The Morgan fingerprint density at radius 1 is 1.45 bits per heavy atom. The van der Waals surface area contributed by atoms with Crippen LogP contribution in [0.3, 0.4) is 0 Å². The number of nitrogens with zero attached hydrogens (tertiary/aromatic N) is 3. The first kappa shape index (κ1) is 16.0. The van der Waals surface area contributed by atoms with E-state index in [1.54, 1.807) is 12.1 Å². The van der Waals surface area contributed by atoms with Crippen molar-refractivity contribution in [2.24, 2.45) is 0 Å². The predicted octanol–water partition coefficient (Wildman–Crippen LogP) is 3.59. The van der Waals surface area contributed by atoms with E-state index in [4.69, 9.17) is 40.2 Å². The van der Waals surface area contributed by atoms with Crippen molar-refractivity contribution in [2.75, 3.05) is 19.7 Å². The van der Waals surface area contributed by atoms with Crippen molar-refractivity contribution in [1.29, 1.82) is 0 Å². The van der Waals surface area contributed by atoms with E-state index in [0.717, 1.165) is 25.3 Å². The molecule has 2 aromatic rings. The highest BCUT2D eigenvalue weighted by atomic mass is 35.5. The number of benzene rings is 1. The second-order valence-electron chi connectivity index (χ2n) is 5.31. The molecule has 1 aromatic carbocycles. The number of aromatic amines is 1. The van der Waals surface area contributed by atoms with Gasteiger partial charge in [0, 0.05) is 23.7 Å². The van der Waals surface area contributed by atoms with Crippen LogP contribution in [-0.2, 0) is 11.4 Å². The summed E-state index contributed by atoms with van der Waals surface area (Å²) in [5.41, 5.74) is 0.784. The number of hydrogen-bond donors (Lipinski definition) is 1. The van der Waals surface area contributed by atoms with Gasteiger partial charge in [-0.25, -0.2) is 4.68 Å². The molecule has 1 aromatic heterocycles. The molecule has 1 aliphatic rings. The van der Waals surface area contributed by atoms with E-state index in [1.807, 2.05) is 10.7 Å². The highest BCUT2D eigenvalue weighted by Crippen LogP contribution is 2.28. The minimum absolute atomic E-state index is 0.232. The quantitative estimate of drug-likeness (QED) is 0.851. The Kier molecular flexibility index (Phi) is 4.84. The fourth-order valence-electron chi connectivity index (χ4n) is 2.47. The number of rotatable bonds is 3. The van der Waals surface area contributed by atoms with Gasteiger partial charge in [-0.2, -0.15) is 4.98 Å². The van der Waals surface area contributed by atoms with Crippen LogP contribution in [0.25, 0.3) is 11.4 Å². The molecule has 8 heteroatoms. The summed E-state index contributed by atoms with van der Waals surface area (Å²) < 4.78 is 7.89. The Morgan fingerprint density at radius 3 is 3.00 bits per heavy atom. The van der Waals surface area contributed by atoms with Crippen LogP contribution in [0.4, 0.5) is 0 Å². The zero-order chi connectivity index (χ0) is 15.7. The van der Waals surface area contributed by atoms with Crippen molar-refractivity contribution in [1.82, 2.24) is 19.7 Å². The molecule has 2 heterocycles. The number of ether oxygens (including phenoxy) is 1. The van der Waals surface area contributed by atoms with Gasteiger partial charge < -0.3 is 4.74 Å². The van der Waals surface area contributed by atoms with Gasteiger partial charge in [0.05, 0.1) is 24.4 Å². The molecule has 1 saturated heterocycles. The van der Waals surface area contributed by atoms with Gasteiger partial charge in [0.15, 0.2) is 5.82 Å². The fourth-order valence-corrected chi connectivity index (χ4v) is 3.17. The lowest BCUT2D eigenvalue weighted by atomic mass is 10.2. The van der Waals surface area contributed by atoms with Gasteiger partial charge in [-0.1, -0.05) is 23.2 Å². The zero-order valence-corrected chi connectivity index (χ0v) is 14.4. The van der Waals surface area contributed by atoms with Crippen LogP contribution in [0.15, 0.2) is 18.2 Å². The fraction of sp³-hybridized carbons (Fsp3) is 0.429. The largest absolute Gasteiger partial charge is 0.376 e. The van der Waals surface area contributed by atoms with Gasteiger partial charge in [-0.3, -0.25) is 10.00 Å². The van der Waals surface area contributed by atoms with Gasteiger partial charge >= 0.3 is 0 Å². The maximum Gasteiger partial charge on any atom is 0.217 e. The molecule has 1 N–H and O–H groups in total. The highest BCUT2D eigenvalue weighted by molar-refractivity contribution is 7.71. The molecule has 0 aliphatic carbocycles. The molecular weight excluding hydrogens is 343 g/mol. The van der Waals surface area contributed by atoms with Gasteiger partial charge in [-0.05, 0) is 37.3 Å². The molecule has 5 nitrogen and oxygen atoms in total. The molecule has 0 amide bonds. The van der Waals surface area contributed by atoms with Crippen LogP contribution in [0.1, 0.15) is 6.92 Å². The third-order valence-electron chi connectivity index (χ3n) is 3.53. The number of aromatic nitrogens is 3. The van der Waals surface area contributed by atoms with Gasteiger partial charge in [0.1, 0.15) is 0 Å². The van der Waals surface area contributed by atoms with Crippen molar-refractivity contribution in [2.45, 2.75) is 19.7 Å². The topological polar surface area (TPSA) is 46.1 Å². The molecular formula is C14H16Cl2N4OS. The lowest BCUT2D eigenvalue weighted by Crippen LogP contribution is -2.42. The second-order valence-corrected chi connectivity index (χ2v) is 6.52. The number of hydrogen-bond acceptors (Lipinski definition) is 4. The van der Waals surface area contributed by atoms with E-state index >= 15 is 0 Å². The summed E-state index contributed by atoms with van der Waals surface area (Å²) in [5, 5.41) is 4.35. The lowest BCUT2D eigenvalue weighted by Gasteiger charge is -2.30. The van der Waals surface area contributed by atoms with Crippen LogP contribution in [0, 0.1) is 4.77 Å². The Bertz CT molecular complexity index is 730. The summed E-state index contributed by atoms with van der Waals surface area (Å²) >= 11 is 17.5. The van der Waals surface area contributed by atoms with Crippen LogP contribution < -0.4 is 0 Å². The number of halogens is 2. The average Bonchev–Trinajstić information content (AvgIpc) is 2.80. The molecule has 118 valence electrons. The zero-order valence-electron chi connectivity index (χ0n) is 12.1. The molecule has 1 aliphatic heterocycles. The minimum atomic E-state index is 0.232. The van der Waals surface area contributed by atoms with Gasteiger partial charge in [0.2, 0.25) is 4.77 Å². The molecule has 0 spiro atoms. The van der Waals surface area contributed by atoms with E-state index < -0.39 is 0 Å². The standard InChI is InChI=1S/C14H16Cl2N4OS/c1-9-7-19(4-5-21-9)8-20-14(22)17-13(18-20)11-3-2-10(15)6-12(11)16/h2-3,6,9H,4-5,7-8H2,1H3,(H,17,18,22)/t9-/m0/s1. The third-order valence-corrected chi connectivity index (χ3v) is 4.39. The van der Waals surface area contributed by atoms with Crippen molar-refractivity contribution >= 4 is 35.4 Å². The van der Waals surface area contributed by atoms with Crippen LogP contribution in [0.2, 0.25) is 10.0 Å². The first-order valence-corrected chi connectivity index (χ1v) is 8.15. The van der Waals surface area contributed by atoms with E-state index in [0.29, 0.717) is 27.3 Å². The molecule has 0 radical (unpaired) electrons. The first-order valence-electron chi connectivity index (χ1n) is 6.99. The SMILES string of the molecule is C[C@H]1CN(Cn2[nH]c(-c3ccc(Cl)cc3Cl)nc2=S)CCO1. The van der Waals surface area contributed by atoms with Crippen LogP contribution >= 0.6 is 35.4 Å². The van der Waals surface area contributed by atoms with E-state index in [-0.39, 0.29) is 6.10 Å². The maximum absolute atomic E-state index is 6.22. The third kappa shape index (κ3) is 3.52. The van der Waals surface area contributed by atoms with Crippen molar-refractivity contribution in [3.63, 3.8) is 0 Å². The monoisotopic (exact) mass is 358 g/mol. The minimum Gasteiger partial charge on any atom is -0.376 e. The summed E-state index contributed by atoms with van der Waals surface area (Å²) in [6.45, 7) is 5.21. The highest BCUT2D eigenvalue weighted by Gasteiger charge is 2.18. The Labute approximate surface area is 143 Å². The average molecular weight is 359 g/mol. The van der Waals surface area contributed by atoms with E-state index in [1.165, 1.54) is 0 Å². The van der Waals surface area contributed by atoms with E-state index in [2.05, 4.69) is 21.9 Å². The Morgan fingerprint density at radius 2 is 2.27 bits per heavy atom. The predicted molar refractivity (Wildman–Crippen MR) is 89.9 cm³/mol. The summed E-state index contributed by atoms with van der Waals surface area (Å²) in [4.78, 5) is 6.67. The van der Waals surface area contributed by atoms with Gasteiger partial charge in [0.25, 0.3) is 0 Å². The lowest BCUT2D eigenvalue weighted by molar-refractivity contribution is -0.0306. The molecule has 22 heavy (non-hydrogen) atoms. The van der Waals surface area contributed by atoms with Gasteiger partial charge in [-0.15, -0.1) is 0 Å². The number of morpholine rings is 1. The smallest absolute Gasteiger partial charge is 0.217 e. The summed E-state index contributed by atoms with van der Waals surface area (Å²) in [7, 11) is 0. The normalized spacial score (nSPS) is 19.5. The molecule has 1 atom stereocenters. The van der Waals surface area contributed by atoms with Crippen molar-refractivity contribution in [3.05, 3.63) is 33.0 Å². The van der Waals surface area contributed by atoms with Crippen LogP contribution in [-0.4, -0.2) is 45.5 Å². The summed E-state index contributed by atoms with van der Waals surface area (Å²) in [5.74, 6) is 0.646. The molecule has 1 fully saturated rings. The Hall–Kier alpha value is -0.920. The summed E-state index contributed by atoms with van der Waals surface area (Å²) in [6, 6.07) is 5.31. The molecule has 0 bridgehead atoms. The van der Waals surface area contributed by atoms with Crippen molar-refractivity contribution < 1.29 is 4.74 Å². The molecule has 0 unspecified atom stereocenters. The van der Waals surface area contributed by atoms with Crippen LogP contribution in [0.5, 0.6) is 0 Å². The summed E-state index contributed by atoms with van der Waals surface area (Å²) in [6.07, 6.45) is 0.232. The second kappa shape index (κ2) is 6.68. The van der Waals surface area contributed by atoms with E-state index in [9.17, 15) is 0 Å². The molecule has 0 saturated carbocycles. The van der Waals surface area contributed by atoms with Crippen molar-refractivity contribution in [3.8, 4) is 11.4 Å². The first-order chi connectivity index (χ1) is 10.5. The Balaban J connectivity index is 1.83. The molecule has 3 rings (SSSR count). The number of nitrogens with one attached hydrogen (secondary N) is 1.